The maximum Gasteiger partial charge on any atom is 0.230 e. The second kappa shape index (κ2) is 7.60. The first-order valence-corrected chi connectivity index (χ1v) is 7.34. The molecule has 0 unspecified atom stereocenters. The number of rotatable bonds is 6. The van der Waals surface area contributed by atoms with Crippen molar-refractivity contribution in [3.63, 3.8) is 0 Å². The molecule has 0 aliphatic rings. The monoisotopic (exact) mass is 287 g/mol. The average molecular weight is 287 g/mol. The topological polar surface area (TPSA) is 38.3 Å². The van der Waals surface area contributed by atoms with Gasteiger partial charge in [-0.1, -0.05) is 30.3 Å². The number of nitrogens with one attached hydrogen (secondary N) is 1. The van der Waals surface area contributed by atoms with Gasteiger partial charge < -0.3 is 10.1 Å². The highest BCUT2D eigenvalue weighted by Gasteiger charge is 2.03. The first-order valence-electron chi connectivity index (χ1n) is 6.35. The third-order valence-corrected chi connectivity index (χ3v) is 3.75. The summed E-state index contributed by atoms with van der Waals surface area (Å²) in [6, 6.07) is 17.6. The van der Waals surface area contributed by atoms with Crippen molar-refractivity contribution in [1.29, 1.82) is 0 Å². The van der Waals surface area contributed by atoms with E-state index in [0.29, 0.717) is 12.3 Å². The van der Waals surface area contributed by atoms with Crippen molar-refractivity contribution in [2.75, 3.05) is 12.9 Å². The largest absolute Gasteiger partial charge is 0.497 e. The molecule has 1 N–H and O–H groups in total. The molecule has 0 fully saturated rings. The van der Waals surface area contributed by atoms with E-state index in [4.69, 9.17) is 4.74 Å². The molecule has 20 heavy (non-hydrogen) atoms. The van der Waals surface area contributed by atoms with Gasteiger partial charge in [-0.3, -0.25) is 4.79 Å². The maximum absolute atomic E-state index is 11.8. The van der Waals surface area contributed by atoms with E-state index in [1.54, 1.807) is 7.11 Å². The number of hydrogen-bond donors (Lipinski definition) is 1. The van der Waals surface area contributed by atoms with E-state index in [2.05, 4.69) is 5.32 Å². The number of carbonyl (C=O) groups excluding carboxylic acids is 1. The molecule has 0 aromatic heterocycles. The first kappa shape index (κ1) is 14.5. The van der Waals surface area contributed by atoms with Crippen molar-refractivity contribution in [2.45, 2.75) is 11.4 Å². The highest BCUT2D eigenvalue weighted by molar-refractivity contribution is 8.00. The van der Waals surface area contributed by atoms with E-state index in [1.165, 1.54) is 11.8 Å². The molecular formula is C16H17NO2S. The molecule has 0 heterocycles. The number of hydrogen-bond acceptors (Lipinski definition) is 3. The standard InChI is InChI=1S/C16H17NO2S/c1-19-14-7-5-6-13(10-14)11-17-16(18)12-20-15-8-3-2-4-9-15/h2-10H,11-12H2,1H3,(H,17,18). The molecule has 0 saturated heterocycles. The molecule has 0 bridgehead atoms. The quantitative estimate of drug-likeness (QED) is 0.830. The van der Waals surface area contributed by atoms with E-state index in [-0.39, 0.29) is 5.91 Å². The van der Waals surface area contributed by atoms with Crippen LogP contribution in [0, 0.1) is 0 Å². The van der Waals surface area contributed by atoms with Crippen LogP contribution < -0.4 is 10.1 Å². The van der Waals surface area contributed by atoms with Gasteiger partial charge in [-0.15, -0.1) is 11.8 Å². The normalized spacial score (nSPS) is 10.1. The Hall–Kier alpha value is -1.94. The van der Waals surface area contributed by atoms with Crippen molar-refractivity contribution in [3.8, 4) is 5.75 Å². The number of thioether (sulfide) groups is 1. The second-order valence-corrected chi connectivity index (χ2v) is 5.28. The molecule has 104 valence electrons. The van der Waals surface area contributed by atoms with Crippen molar-refractivity contribution in [1.82, 2.24) is 5.32 Å². The van der Waals surface area contributed by atoms with Gasteiger partial charge in [-0.05, 0) is 29.8 Å². The molecule has 3 nitrogen and oxygen atoms in total. The Kier molecular flexibility index (Phi) is 5.50. The van der Waals surface area contributed by atoms with Gasteiger partial charge in [0.25, 0.3) is 0 Å². The zero-order valence-electron chi connectivity index (χ0n) is 11.3. The molecule has 0 aliphatic carbocycles. The van der Waals surface area contributed by atoms with Crippen LogP contribution in [0.3, 0.4) is 0 Å². The Balaban J connectivity index is 1.77. The Morgan fingerprint density at radius 1 is 1.15 bits per heavy atom. The van der Waals surface area contributed by atoms with Crippen LogP contribution in [-0.4, -0.2) is 18.8 Å². The number of methoxy groups -OCH3 is 1. The second-order valence-electron chi connectivity index (χ2n) is 4.23. The van der Waals surface area contributed by atoms with Gasteiger partial charge in [-0.25, -0.2) is 0 Å². The number of carbonyl (C=O) groups is 1. The highest BCUT2D eigenvalue weighted by Crippen LogP contribution is 2.16. The minimum atomic E-state index is 0.0293. The Labute approximate surface area is 123 Å². The summed E-state index contributed by atoms with van der Waals surface area (Å²) in [6.45, 7) is 0.519. The van der Waals surface area contributed by atoms with Gasteiger partial charge in [0.2, 0.25) is 5.91 Å². The molecule has 0 saturated carbocycles. The van der Waals surface area contributed by atoms with E-state index in [1.807, 2.05) is 54.6 Å². The minimum Gasteiger partial charge on any atom is -0.497 e. The number of amides is 1. The zero-order valence-corrected chi connectivity index (χ0v) is 12.2. The van der Waals surface area contributed by atoms with Gasteiger partial charge in [-0.2, -0.15) is 0 Å². The fourth-order valence-electron chi connectivity index (χ4n) is 1.70. The van der Waals surface area contributed by atoms with Crippen LogP contribution >= 0.6 is 11.8 Å². The maximum atomic E-state index is 11.8. The van der Waals surface area contributed by atoms with Crippen molar-refractivity contribution in [3.05, 3.63) is 60.2 Å². The van der Waals surface area contributed by atoms with Gasteiger partial charge in [0.05, 0.1) is 12.9 Å². The summed E-state index contributed by atoms with van der Waals surface area (Å²) in [4.78, 5) is 12.9. The smallest absolute Gasteiger partial charge is 0.230 e. The summed E-state index contributed by atoms with van der Waals surface area (Å²) in [5.74, 6) is 1.26. The average Bonchev–Trinajstić information content (AvgIpc) is 2.52. The molecule has 2 aromatic rings. The molecule has 2 aromatic carbocycles. The summed E-state index contributed by atoms with van der Waals surface area (Å²) in [6.07, 6.45) is 0. The summed E-state index contributed by atoms with van der Waals surface area (Å²) < 4.78 is 5.15. The Morgan fingerprint density at radius 2 is 1.95 bits per heavy atom. The molecular weight excluding hydrogens is 270 g/mol. The number of benzene rings is 2. The highest BCUT2D eigenvalue weighted by atomic mass is 32.2. The van der Waals surface area contributed by atoms with Crippen LogP contribution in [0.1, 0.15) is 5.56 Å². The van der Waals surface area contributed by atoms with E-state index >= 15 is 0 Å². The lowest BCUT2D eigenvalue weighted by atomic mass is 10.2. The van der Waals surface area contributed by atoms with E-state index in [0.717, 1.165) is 16.2 Å². The van der Waals surface area contributed by atoms with Crippen LogP contribution in [0.5, 0.6) is 5.75 Å². The summed E-state index contributed by atoms with van der Waals surface area (Å²) in [7, 11) is 1.63. The van der Waals surface area contributed by atoms with Crippen molar-refractivity contribution < 1.29 is 9.53 Å². The van der Waals surface area contributed by atoms with Gasteiger partial charge in [0, 0.05) is 11.4 Å². The predicted molar refractivity (Wildman–Crippen MR) is 82.0 cm³/mol. The molecule has 2 rings (SSSR count). The fourth-order valence-corrected chi connectivity index (χ4v) is 2.45. The number of ether oxygens (including phenoxy) is 1. The van der Waals surface area contributed by atoms with Crippen LogP contribution in [0.2, 0.25) is 0 Å². The first-order chi connectivity index (χ1) is 9.78. The van der Waals surface area contributed by atoms with Gasteiger partial charge in [0.15, 0.2) is 0 Å². The van der Waals surface area contributed by atoms with Crippen LogP contribution in [0.25, 0.3) is 0 Å². The predicted octanol–water partition coefficient (Wildman–Crippen LogP) is 3.10. The molecule has 0 spiro atoms. The lowest BCUT2D eigenvalue weighted by molar-refractivity contribution is -0.118. The molecule has 4 heteroatoms. The van der Waals surface area contributed by atoms with E-state index < -0.39 is 0 Å². The third kappa shape index (κ3) is 4.63. The molecule has 0 atom stereocenters. The lowest BCUT2D eigenvalue weighted by Gasteiger charge is -2.07. The Morgan fingerprint density at radius 3 is 2.70 bits per heavy atom. The summed E-state index contributed by atoms with van der Waals surface area (Å²) in [5.41, 5.74) is 1.03. The molecule has 0 aliphatic heterocycles. The molecule has 1 amide bonds. The fraction of sp³-hybridized carbons (Fsp3) is 0.188. The van der Waals surface area contributed by atoms with Crippen LogP contribution in [0.15, 0.2) is 59.5 Å². The van der Waals surface area contributed by atoms with Gasteiger partial charge in [0.1, 0.15) is 5.75 Å². The van der Waals surface area contributed by atoms with Crippen LogP contribution in [-0.2, 0) is 11.3 Å². The summed E-state index contributed by atoms with van der Waals surface area (Å²) >= 11 is 1.53. The van der Waals surface area contributed by atoms with Gasteiger partial charge >= 0.3 is 0 Å². The minimum absolute atomic E-state index is 0.0293. The molecule has 0 radical (unpaired) electrons. The summed E-state index contributed by atoms with van der Waals surface area (Å²) in [5, 5.41) is 2.91. The van der Waals surface area contributed by atoms with Crippen LogP contribution in [0.4, 0.5) is 0 Å². The van der Waals surface area contributed by atoms with E-state index in [9.17, 15) is 4.79 Å². The third-order valence-electron chi connectivity index (χ3n) is 2.74. The SMILES string of the molecule is COc1cccc(CNC(=O)CSc2ccccc2)c1. The van der Waals surface area contributed by atoms with Crippen molar-refractivity contribution >= 4 is 17.7 Å². The van der Waals surface area contributed by atoms with Crippen molar-refractivity contribution in [2.24, 2.45) is 0 Å². The Bertz CT molecular complexity index is 557. The zero-order chi connectivity index (χ0) is 14.2. The lowest BCUT2D eigenvalue weighted by Crippen LogP contribution is -2.24.